The molecule has 3 aromatic rings. The molecule has 1 aromatic carbocycles. The summed E-state index contributed by atoms with van der Waals surface area (Å²) in [5, 5.41) is 16.2. The number of hydrogen-bond donors (Lipinski definition) is 2. The summed E-state index contributed by atoms with van der Waals surface area (Å²) in [6.07, 6.45) is 2.22. The van der Waals surface area contributed by atoms with Crippen LogP contribution in [0, 0.1) is 0 Å². The lowest BCUT2D eigenvalue weighted by molar-refractivity contribution is 0.273. The molecule has 1 atom stereocenters. The highest BCUT2D eigenvalue weighted by Crippen LogP contribution is 2.32. The molecule has 1 unspecified atom stereocenters. The van der Waals surface area contributed by atoms with Crippen molar-refractivity contribution >= 4 is 39.0 Å². The van der Waals surface area contributed by atoms with Gasteiger partial charge in [0.05, 0.1) is 23.1 Å². The van der Waals surface area contributed by atoms with Gasteiger partial charge in [0, 0.05) is 5.38 Å². The molecular formula is C15H14ClN3OS. The molecule has 6 heteroatoms. The highest BCUT2D eigenvalue weighted by Gasteiger charge is 2.14. The molecule has 0 bridgehead atoms. The van der Waals surface area contributed by atoms with E-state index in [1.54, 1.807) is 0 Å². The number of nitrogens with one attached hydrogen (secondary N) is 1. The Morgan fingerprint density at radius 3 is 2.81 bits per heavy atom. The Labute approximate surface area is 131 Å². The van der Waals surface area contributed by atoms with E-state index in [-0.39, 0.29) is 12.6 Å². The van der Waals surface area contributed by atoms with Gasteiger partial charge < -0.3 is 10.4 Å². The maximum atomic E-state index is 9.60. The summed E-state index contributed by atoms with van der Waals surface area (Å²) < 4.78 is 0. The fourth-order valence-corrected chi connectivity index (χ4v) is 3.34. The first-order valence-electron chi connectivity index (χ1n) is 6.57. The smallest absolute Gasteiger partial charge is 0.140 e. The van der Waals surface area contributed by atoms with Crippen LogP contribution >= 0.6 is 22.9 Å². The molecule has 0 aliphatic carbocycles. The minimum Gasteiger partial charge on any atom is -0.394 e. The third kappa shape index (κ3) is 3.15. The minimum atomic E-state index is -0.124. The summed E-state index contributed by atoms with van der Waals surface area (Å²) >= 11 is 7.67. The predicted octanol–water partition coefficient (Wildman–Crippen LogP) is 3.36. The first-order valence-corrected chi connectivity index (χ1v) is 7.82. The van der Waals surface area contributed by atoms with Crippen molar-refractivity contribution in [2.75, 3.05) is 11.9 Å². The Balaban J connectivity index is 1.84. The number of thiophene rings is 1. The molecule has 2 aromatic heterocycles. The first kappa shape index (κ1) is 14.3. The summed E-state index contributed by atoms with van der Waals surface area (Å²) in [5.41, 5.74) is 1.16. The molecule has 0 fully saturated rings. The number of hydrogen-bond acceptors (Lipinski definition) is 5. The second-order valence-electron chi connectivity index (χ2n) is 4.70. The summed E-state index contributed by atoms with van der Waals surface area (Å²) in [5.74, 6) is 0.668. The van der Waals surface area contributed by atoms with Crippen LogP contribution in [0.2, 0.25) is 5.02 Å². The Hall–Kier alpha value is -1.69. The van der Waals surface area contributed by atoms with Gasteiger partial charge in [-0.25, -0.2) is 9.97 Å². The van der Waals surface area contributed by atoms with Crippen LogP contribution in [0.15, 0.2) is 42.0 Å². The molecule has 3 rings (SSSR count). The minimum absolute atomic E-state index is 0.0160. The van der Waals surface area contributed by atoms with Crippen LogP contribution in [0.4, 0.5) is 5.82 Å². The van der Waals surface area contributed by atoms with E-state index >= 15 is 0 Å². The number of halogens is 1. The predicted molar refractivity (Wildman–Crippen MR) is 87.1 cm³/mol. The maximum absolute atomic E-state index is 9.60. The van der Waals surface area contributed by atoms with E-state index in [9.17, 15) is 5.11 Å². The van der Waals surface area contributed by atoms with E-state index < -0.39 is 0 Å². The molecule has 0 aliphatic heterocycles. The standard InChI is InChI=1S/C15H14ClN3OS/c16-12-8-21-15-13(12)14(17-9-18-15)19-11(7-20)6-10-4-2-1-3-5-10/h1-5,8-9,11,20H,6-7H2,(H,17,18,19). The fraction of sp³-hybridized carbons (Fsp3) is 0.200. The van der Waals surface area contributed by atoms with Gasteiger partial charge in [-0.1, -0.05) is 41.9 Å². The van der Waals surface area contributed by atoms with Crippen LogP contribution in [0.3, 0.4) is 0 Å². The first-order chi connectivity index (χ1) is 10.3. The van der Waals surface area contributed by atoms with Crippen molar-refractivity contribution in [3.63, 3.8) is 0 Å². The number of aromatic nitrogens is 2. The Kier molecular flexibility index (Phi) is 4.34. The average molecular weight is 320 g/mol. The highest BCUT2D eigenvalue weighted by molar-refractivity contribution is 7.17. The van der Waals surface area contributed by atoms with Crippen molar-refractivity contribution < 1.29 is 5.11 Å². The van der Waals surface area contributed by atoms with Gasteiger partial charge in [-0.2, -0.15) is 0 Å². The van der Waals surface area contributed by atoms with Crippen molar-refractivity contribution in [2.24, 2.45) is 0 Å². The number of aliphatic hydroxyl groups excluding tert-OH is 1. The van der Waals surface area contributed by atoms with Gasteiger partial charge in [0.15, 0.2) is 0 Å². The van der Waals surface area contributed by atoms with Crippen molar-refractivity contribution in [3.05, 3.63) is 52.6 Å². The second-order valence-corrected chi connectivity index (χ2v) is 5.96. The summed E-state index contributed by atoms with van der Waals surface area (Å²) in [6, 6.07) is 9.91. The van der Waals surface area contributed by atoms with Crippen molar-refractivity contribution in [1.82, 2.24) is 9.97 Å². The SMILES string of the molecule is OCC(Cc1ccccc1)Nc1ncnc2scc(Cl)c12. The van der Waals surface area contributed by atoms with E-state index in [4.69, 9.17) is 11.6 Å². The molecule has 0 amide bonds. The molecule has 21 heavy (non-hydrogen) atoms. The van der Waals surface area contributed by atoms with E-state index in [1.165, 1.54) is 17.7 Å². The lowest BCUT2D eigenvalue weighted by Crippen LogP contribution is -2.27. The van der Waals surface area contributed by atoms with E-state index in [1.807, 2.05) is 35.7 Å². The Morgan fingerprint density at radius 2 is 2.05 bits per heavy atom. The maximum Gasteiger partial charge on any atom is 0.140 e. The summed E-state index contributed by atoms with van der Waals surface area (Å²) in [7, 11) is 0. The number of benzene rings is 1. The molecule has 0 saturated carbocycles. The van der Waals surface area contributed by atoms with E-state index in [0.29, 0.717) is 17.3 Å². The molecule has 2 heterocycles. The van der Waals surface area contributed by atoms with Gasteiger partial charge in [-0.15, -0.1) is 11.3 Å². The molecule has 0 aliphatic rings. The lowest BCUT2D eigenvalue weighted by atomic mass is 10.1. The van der Waals surface area contributed by atoms with Crippen LogP contribution in [-0.2, 0) is 6.42 Å². The zero-order valence-corrected chi connectivity index (χ0v) is 12.7. The number of nitrogens with zero attached hydrogens (tertiary/aromatic N) is 2. The average Bonchev–Trinajstić information content (AvgIpc) is 2.90. The fourth-order valence-electron chi connectivity index (χ4n) is 2.20. The highest BCUT2D eigenvalue weighted by atomic mass is 35.5. The monoisotopic (exact) mass is 319 g/mol. The number of aliphatic hydroxyl groups is 1. The zero-order valence-electron chi connectivity index (χ0n) is 11.2. The summed E-state index contributed by atoms with van der Waals surface area (Å²) in [4.78, 5) is 9.30. The van der Waals surface area contributed by atoms with Crippen molar-refractivity contribution in [2.45, 2.75) is 12.5 Å². The molecule has 0 saturated heterocycles. The molecule has 108 valence electrons. The molecular weight excluding hydrogens is 306 g/mol. The van der Waals surface area contributed by atoms with Crippen molar-refractivity contribution in [3.8, 4) is 0 Å². The number of anilines is 1. The van der Waals surface area contributed by atoms with Gasteiger partial charge >= 0.3 is 0 Å². The Bertz CT molecular complexity index is 732. The number of rotatable bonds is 5. The quantitative estimate of drug-likeness (QED) is 0.757. The van der Waals surface area contributed by atoms with Gasteiger partial charge in [0.1, 0.15) is 17.0 Å². The van der Waals surface area contributed by atoms with E-state index in [0.717, 1.165) is 15.8 Å². The lowest BCUT2D eigenvalue weighted by Gasteiger charge is -2.17. The third-order valence-electron chi connectivity index (χ3n) is 3.21. The van der Waals surface area contributed by atoms with Gasteiger partial charge in [0.25, 0.3) is 0 Å². The van der Waals surface area contributed by atoms with E-state index in [2.05, 4.69) is 15.3 Å². The van der Waals surface area contributed by atoms with Gasteiger partial charge in [-0.05, 0) is 12.0 Å². The summed E-state index contributed by atoms with van der Waals surface area (Å²) in [6.45, 7) is 0.0160. The number of fused-ring (bicyclic) bond motifs is 1. The van der Waals surface area contributed by atoms with Gasteiger partial charge in [0.2, 0.25) is 0 Å². The van der Waals surface area contributed by atoms with Crippen LogP contribution in [-0.4, -0.2) is 27.7 Å². The normalized spacial score (nSPS) is 12.5. The molecule has 4 nitrogen and oxygen atoms in total. The molecule has 2 N–H and O–H groups in total. The van der Waals surface area contributed by atoms with Gasteiger partial charge in [-0.3, -0.25) is 0 Å². The van der Waals surface area contributed by atoms with Crippen LogP contribution < -0.4 is 5.32 Å². The molecule has 0 radical (unpaired) electrons. The topological polar surface area (TPSA) is 58.0 Å². The van der Waals surface area contributed by atoms with Crippen LogP contribution in [0.1, 0.15) is 5.56 Å². The van der Waals surface area contributed by atoms with Crippen LogP contribution in [0.5, 0.6) is 0 Å². The largest absolute Gasteiger partial charge is 0.394 e. The van der Waals surface area contributed by atoms with Crippen molar-refractivity contribution in [1.29, 1.82) is 0 Å². The zero-order chi connectivity index (χ0) is 14.7. The second kappa shape index (κ2) is 6.39. The molecule has 0 spiro atoms. The van der Waals surface area contributed by atoms with Crippen LogP contribution in [0.25, 0.3) is 10.2 Å². The Morgan fingerprint density at radius 1 is 1.24 bits per heavy atom. The third-order valence-corrected chi connectivity index (χ3v) is 4.53.